The summed E-state index contributed by atoms with van der Waals surface area (Å²) >= 11 is 0. The van der Waals surface area contributed by atoms with Crippen LogP contribution in [-0.2, 0) is 0 Å². The maximum Gasteiger partial charge on any atom is 0.0998 e. The Kier molecular flexibility index (Phi) is 4.76. The van der Waals surface area contributed by atoms with Crippen LogP contribution in [0.4, 0.5) is 0 Å². The third kappa shape index (κ3) is 3.30. The SMILES string of the molecule is Cc1ccc(C#N)c(-c2cc(C#N)c(-c3cc(C#N)ccc3C)cc2C)c1. The fraction of sp³-hybridized carbons (Fsp3) is 0.125. The van der Waals surface area contributed by atoms with Crippen LogP contribution in [0.15, 0.2) is 48.5 Å². The van der Waals surface area contributed by atoms with Gasteiger partial charge in [0.2, 0.25) is 0 Å². The molecule has 0 aliphatic carbocycles. The summed E-state index contributed by atoms with van der Waals surface area (Å²) in [5.74, 6) is 0. The zero-order valence-corrected chi connectivity index (χ0v) is 15.5. The standard InChI is InChI=1S/C24H17N3/c1-15-4-7-19(13-26)23(8-15)22-11-20(14-27)24(9-17(22)3)21-10-18(12-25)6-5-16(21)2/h4-11H,1-3H3. The molecule has 0 aliphatic heterocycles. The van der Waals surface area contributed by atoms with Crippen molar-refractivity contribution in [3.63, 3.8) is 0 Å². The minimum Gasteiger partial charge on any atom is -0.192 e. The number of aryl methyl sites for hydroxylation is 3. The van der Waals surface area contributed by atoms with Gasteiger partial charge in [0.15, 0.2) is 0 Å². The predicted octanol–water partition coefficient (Wildman–Crippen LogP) is 5.56. The van der Waals surface area contributed by atoms with Crippen LogP contribution >= 0.6 is 0 Å². The van der Waals surface area contributed by atoms with Gasteiger partial charge < -0.3 is 0 Å². The lowest BCUT2D eigenvalue weighted by atomic mass is 9.88. The van der Waals surface area contributed by atoms with Gasteiger partial charge in [0, 0.05) is 11.1 Å². The van der Waals surface area contributed by atoms with Gasteiger partial charge in [-0.05, 0) is 73.4 Å². The molecule has 0 unspecified atom stereocenters. The van der Waals surface area contributed by atoms with Crippen LogP contribution < -0.4 is 0 Å². The maximum atomic E-state index is 9.76. The third-order valence-electron chi connectivity index (χ3n) is 4.73. The van der Waals surface area contributed by atoms with Crippen molar-refractivity contribution in [1.82, 2.24) is 0 Å². The summed E-state index contributed by atoms with van der Waals surface area (Å²) in [7, 11) is 0. The van der Waals surface area contributed by atoms with E-state index in [4.69, 9.17) is 0 Å². The molecule has 0 N–H and O–H groups in total. The average Bonchev–Trinajstić information content (AvgIpc) is 2.68. The van der Waals surface area contributed by atoms with Gasteiger partial charge in [-0.2, -0.15) is 15.8 Å². The number of hydrogen-bond donors (Lipinski definition) is 0. The van der Waals surface area contributed by atoms with E-state index in [-0.39, 0.29) is 0 Å². The Hall–Kier alpha value is -3.87. The Morgan fingerprint density at radius 1 is 0.556 bits per heavy atom. The normalized spacial score (nSPS) is 9.93. The molecule has 0 spiro atoms. The first-order valence-corrected chi connectivity index (χ1v) is 8.55. The molecule has 3 nitrogen and oxygen atoms in total. The van der Waals surface area contributed by atoms with Crippen molar-refractivity contribution in [3.8, 4) is 40.5 Å². The van der Waals surface area contributed by atoms with Crippen molar-refractivity contribution < 1.29 is 0 Å². The molecule has 128 valence electrons. The third-order valence-corrected chi connectivity index (χ3v) is 4.73. The van der Waals surface area contributed by atoms with Gasteiger partial charge >= 0.3 is 0 Å². The maximum absolute atomic E-state index is 9.76. The minimum atomic E-state index is 0.527. The monoisotopic (exact) mass is 347 g/mol. The first kappa shape index (κ1) is 17.9. The van der Waals surface area contributed by atoms with Crippen molar-refractivity contribution in [2.45, 2.75) is 20.8 Å². The molecule has 3 aromatic carbocycles. The number of nitriles is 3. The lowest BCUT2D eigenvalue weighted by Crippen LogP contribution is -1.95. The zero-order chi connectivity index (χ0) is 19.6. The summed E-state index contributed by atoms with van der Waals surface area (Å²) in [4.78, 5) is 0. The van der Waals surface area contributed by atoms with Crippen LogP contribution in [0.5, 0.6) is 0 Å². The van der Waals surface area contributed by atoms with Gasteiger partial charge in [-0.1, -0.05) is 23.8 Å². The fourth-order valence-electron chi connectivity index (χ4n) is 3.27. The number of benzene rings is 3. The molecule has 0 bridgehead atoms. The van der Waals surface area contributed by atoms with Crippen LogP contribution in [-0.4, -0.2) is 0 Å². The van der Waals surface area contributed by atoms with Crippen LogP contribution in [0.2, 0.25) is 0 Å². The van der Waals surface area contributed by atoms with Crippen molar-refractivity contribution in [2.24, 2.45) is 0 Å². The van der Waals surface area contributed by atoms with Gasteiger partial charge in [0.1, 0.15) is 0 Å². The number of nitrogens with zero attached hydrogens (tertiary/aromatic N) is 3. The summed E-state index contributed by atoms with van der Waals surface area (Å²) in [5.41, 5.74) is 8.12. The molecule has 0 fully saturated rings. The molecule has 3 aromatic rings. The fourth-order valence-corrected chi connectivity index (χ4v) is 3.27. The smallest absolute Gasteiger partial charge is 0.0998 e. The molecule has 0 radical (unpaired) electrons. The zero-order valence-electron chi connectivity index (χ0n) is 15.5. The lowest BCUT2D eigenvalue weighted by molar-refractivity contribution is 1.37. The molecule has 0 saturated carbocycles. The summed E-state index contributed by atoms with van der Waals surface area (Å²) < 4.78 is 0. The van der Waals surface area contributed by atoms with E-state index in [1.165, 1.54) is 0 Å². The van der Waals surface area contributed by atoms with Gasteiger partial charge in [0.05, 0.1) is 34.9 Å². The molecular weight excluding hydrogens is 330 g/mol. The molecule has 0 atom stereocenters. The topological polar surface area (TPSA) is 71.4 Å². The van der Waals surface area contributed by atoms with E-state index in [1.54, 1.807) is 6.07 Å². The van der Waals surface area contributed by atoms with Crippen LogP contribution in [0.1, 0.15) is 33.4 Å². The molecule has 0 aromatic heterocycles. The Morgan fingerprint density at radius 3 is 1.89 bits per heavy atom. The van der Waals surface area contributed by atoms with E-state index in [2.05, 4.69) is 18.2 Å². The van der Waals surface area contributed by atoms with Gasteiger partial charge in [-0.25, -0.2) is 0 Å². The second-order valence-corrected chi connectivity index (χ2v) is 6.63. The van der Waals surface area contributed by atoms with Crippen molar-refractivity contribution in [1.29, 1.82) is 15.8 Å². The van der Waals surface area contributed by atoms with Crippen molar-refractivity contribution >= 4 is 0 Å². The van der Waals surface area contributed by atoms with Crippen LogP contribution in [0.3, 0.4) is 0 Å². The molecule has 0 saturated heterocycles. The highest BCUT2D eigenvalue weighted by Gasteiger charge is 2.15. The number of rotatable bonds is 2. The Morgan fingerprint density at radius 2 is 1.22 bits per heavy atom. The van der Waals surface area contributed by atoms with E-state index in [0.717, 1.165) is 38.9 Å². The molecule has 0 aliphatic rings. The highest BCUT2D eigenvalue weighted by atomic mass is 14.3. The molecule has 27 heavy (non-hydrogen) atoms. The van der Waals surface area contributed by atoms with Gasteiger partial charge in [0.25, 0.3) is 0 Å². The molecule has 0 heterocycles. The Balaban J connectivity index is 2.29. The Labute approximate surface area is 159 Å². The van der Waals surface area contributed by atoms with E-state index in [1.807, 2.05) is 63.2 Å². The number of hydrogen-bond acceptors (Lipinski definition) is 3. The summed E-state index contributed by atoms with van der Waals surface area (Å²) in [6.07, 6.45) is 0. The van der Waals surface area contributed by atoms with Crippen molar-refractivity contribution in [3.05, 3.63) is 81.9 Å². The van der Waals surface area contributed by atoms with Gasteiger partial charge in [-0.3, -0.25) is 0 Å². The quantitative estimate of drug-likeness (QED) is 0.609. The van der Waals surface area contributed by atoms with E-state index in [0.29, 0.717) is 16.7 Å². The van der Waals surface area contributed by atoms with Gasteiger partial charge in [-0.15, -0.1) is 0 Å². The van der Waals surface area contributed by atoms with Crippen LogP contribution in [0.25, 0.3) is 22.3 Å². The van der Waals surface area contributed by atoms with E-state index in [9.17, 15) is 15.8 Å². The first-order chi connectivity index (χ1) is 13.0. The summed E-state index contributed by atoms with van der Waals surface area (Å²) in [6, 6.07) is 21.7. The second-order valence-electron chi connectivity index (χ2n) is 6.63. The largest absolute Gasteiger partial charge is 0.192 e. The summed E-state index contributed by atoms with van der Waals surface area (Å²) in [6.45, 7) is 5.93. The summed E-state index contributed by atoms with van der Waals surface area (Å²) in [5, 5.41) is 28.4. The molecule has 3 heteroatoms. The minimum absolute atomic E-state index is 0.527. The highest BCUT2D eigenvalue weighted by molar-refractivity contribution is 5.82. The van der Waals surface area contributed by atoms with Crippen LogP contribution in [0, 0.1) is 54.8 Å². The molecule has 3 rings (SSSR count). The molecular formula is C24H17N3. The molecule has 0 amide bonds. The lowest BCUT2D eigenvalue weighted by Gasteiger charge is -2.15. The predicted molar refractivity (Wildman–Crippen MR) is 106 cm³/mol. The Bertz CT molecular complexity index is 1180. The average molecular weight is 347 g/mol. The van der Waals surface area contributed by atoms with Crippen molar-refractivity contribution in [2.75, 3.05) is 0 Å². The van der Waals surface area contributed by atoms with E-state index < -0.39 is 0 Å². The van der Waals surface area contributed by atoms with E-state index >= 15 is 0 Å². The highest BCUT2D eigenvalue weighted by Crippen LogP contribution is 2.35. The first-order valence-electron chi connectivity index (χ1n) is 8.55. The second kappa shape index (κ2) is 7.17.